The van der Waals surface area contributed by atoms with Crippen LogP contribution in [-0.2, 0) is 22.6 Å². The highest BCUT2D eigenvalue weighted by molar-refractivity contribution is 5.92. The van der Waals surface area contributed by atoms with Crippen molar-refractivity contribution >= 4 is 17.5 Å². The molecule has 0 saturated heterocycles. The molecular formula is C27H28N2O5. The first-order valence-electron chi connectivity index (χ1n) is 11.2. The number of anilines is 1. The number of carbonyl (C=O) groups is 2. The molecule has 7 heteroatoms. The Morgan fingerprint density at radius 2 is 1.85 bits per heavy atom. The third-order valence-corrected chi connectivity index (χ3v) is 5.63. The summed E-state index contributed by atoms with van der Waals surface area (Å²) in [4.78, 5) is 27.1. The standard InChI is InChI=1S/C27H28N2O5/c1-19-27(31)29(15-14-20-8-6-7-11-24(20)32-2)17-21-16-22(12-13-25(21)34-19)28-26(30)18-33-23-9-4-3-5-10-23/h3-13,16,19H,14-15,17-18H2,1-2H3,(H,28,30). The van der Waals surface area contributed by atoms with E-state index in [-0.39, 0.29) is 18.4 Å². The molecule has 1 aliphatic heterocycles. The second-order valence-corrected chi connectivity index (χ2v) is 8.05. The zero-order chi connectivity index (χ0) is 23.9. The molecule has 3 aromatic carbocycles. The number of rotatable bonds is 8. The average molecular weight is 461 g/mol. The molecule has 1 aliphatic rings. The Balaban J connectivity index is 1.43. The van der Waals surface area contributed by atoms with Crippen LogP contribution in [0.25, 0.3) is 0 Å². The molecular weight excluding hydrogens is 432 g/mol. The van der Waals surface area contributed by atoms with Gasteiger partial charge >= 0.3 is 0 Å². The van der Waals surface area contributed by atoms with Gasteiger partial charge in [-0.3, -0.25) is 9.59 Å². The predicted molar refractivity (Wildman–Crippen MR) is 129 cm³/mol. The van der Waals surface area contributed by atoms with Crippen molar-refractivity contribution in [1.82, 2.24) is 4.90 Å². The first-order valence-corrected chi connectivity index (χ1v) is 11.2. The first-order chi connectivity index (χ1) is 16.5. The minimum atomic E-state index is -0.598. The van der Waals surface area contributed by atoms with Crippen molar-refractivity contribution in [3.63, 3.8) is 0 Å². The maximum absolute atomic E-state index is 13.0. The molecule has 1 heterocycles. The summed E-state index contributed by atoms with van der Waals surface area (Å²) in [5, 5.41) is 2.85. The highest BCUT2D eigenvalue weighted by Gasteiger charge is 2.28. The number of amides is 2. The second-order valence-electron chi connectivity index (χ2n) is 8.05. The van der Waals surface area contributed by atoms with E-state index >= 15 is 0 Å². The normalized spacial score (nSPS) is 15.1. The summed E-state index contributed by atoms with van der Waals surface area (Å²) in [6.45, 7) is 2.56. The Kier molecular flexibility index (Phi) is 7.32. The van der Waals surface area contributed by atoms with Crippen LogP contribution in [0, 0.1) is 0 Å². The van der Waals surface area contributed by atoms with Crippen LogP contribution < -0.4 is 19.5 Å². The zero-order valence-corrected chi connectivity index (χ0v) is 19.3. The van der Waals surface area contributed by atoms with Crippen molar-refractivity contribution in [3.8, 4) is 17.2 Å². The predicted octanol–water partition coefficient (Wildman–Crippen LogP) is 4.06. The molecule has 0 spiro atoms. The molecule has 1 atom stereocenters. The molecule has 34 heavy (non-hydrogen) atoms. The molecule has 3 aromatic rings. The van der Waals surface area contributed by atoms with Gasteiger partial charge in [0.1, 0.15) is 17.2 Å². The van der Waals surface area contributed by atoms with E-state index in [0.29, 0.717) is 36.7 Å². The van der Waals surface area contributed by atoms with Gasteiger partial charge in [-0.05, 0) is 55.3 Å². The molecule has 0 radical (unpaired) electrons. The summed E-state index contributed by atoms with van der Waals surface area (Å²) >= 11 is 0. The van der Waals surface area contributed by atoms with Crippen LogP contribution in [0.4, 0.5) is 5.69 Å². The van der Waals surface area contributed by atoms with Crippen molar-refractivity contribution in [1.29, 1.82) is 0 Å². The van der Waals surface area contributed by atoms with Crippen LogP contribution in [0.1, 0.15) is 18.1 Å². The van der Waals surface area contributed by atoms with Gasteiger partial charge in [-0.1, -0.05) is 36.4 Å². The zero-order valence-electron chi connectivity index (χ0n) is 19.3. The largest absolute Gasteiger partial charge is 0.496 e. The lowest BCUT2D eigenvalue weighted by atomic mass is 10.1. The van der Waals surface area contributed by atoms with Crippen molar-refractivity contribution in [3.05, 3.63) is 83.9 Å². The molecule has 0 bridgehead atoms. The number of fused-ring (bicyclic) bond motifs is 1. The molecule has 0 aliphatic carbocycles. The molecule has 7 nitrogen and oxygen atoms in total. The molecule has 1 unspecified atom stereocenters. The lowest BCUT2D eigenvalue weighted by Gasteiger charge is -2.22. The highest BCUT2D eigenvalue weighted by Crippen LogP contribution is 2.29. The fraction of sp³-hybridized carbons (Fsp3) is 0.259. The highest BCUT2D eigenvalue weighted by atomic mass is 16.5. The molecule has 0 aromatic heterocycles. The van der Waals surface area contributed by atoms with Gasteiger partial charge < -0.3 is 24.4 Å². The van der Waals surface area contributed by atoms with E-state index in [1.54, 1.807) is 43.2 Å². The van der Waals surface area contributed by atoms with Gasteiger partial charge in [0.05, 0.1) is 7.11 Å². The van der Waals surface area contributed by atoms with E-state index in [4.69, 9.17) is 14.2 Å². The number of nitrogens with one attached hydrogen (secondary N) is 1. The fourth-order valence-electron chi connectivity index (χ4n) is 3.89. The average Bonchev–Trinajstić information content (AvgIpc) is 2.98. The Morgan fingerprint density at radius 1 is 1.09 bits per heavy atom. The minimum Gasteiger partial charge on any atom is -0.496 e. The molecule has 0 fully saturated rings. The second kappa shape index (κ2) is 10.7. The minimum absolute atomic E-state index is 0.0760. The van der Waals surface area contributed by atoms with E-state index in [1.807, 2.05) is 48.5 Å². The topological polar surface area (TPSA) is 77.1 Å². The van der Waals surface area contributed by atoms with E-state index in [1.165, 1.54) is 0 Å². The van der Waals surface area contributed by atoms with Gasteiger partial charge in [-0.15, -0.1) is 0 Å². The van der Waals surface area contributed by atoms with E-state index < -0.39 is 6.10 Å². The summed E-state index contributed by atoms with van der Waals surface area (Å²) in [7, 11) is 1.64. The number of para-hydroxylation sites is 2. The maximum atomic E-state index is 13.0. The van der Waals surface area contributed by atoms with Gasteiger partial charge in [0.2, 0.25) is 0 Å². The molecule has 2 amide bonds. The summed E-state index contributed by atoms with van der Waals surface area (Å²) in [6.07, 6.45) is 0.0593. The van der Waals surface area contributed by atoms with Crippen LogP contribution in [0.3, 0.4) is 0 Å². The van der Waals surface area contributed by atoms with E-state index in [9.17, 15) is 9.59 Å². The third-order valence-electron chi connectivity index (χ3n) is 5.63. The first kappa shape index (κ1) is 23.2. The Labute approximate surface area is 199 Å². The molecule has 0 saturated carbocycles. The van der Waals surface area contributed by atoms with E-state index in [2.05, 4.69) is 5.32 Å². The molecule has 4 rings (SSSR count). The number of hydrogen-bond acceptors (Lipinski definition) is 5. The number of carbonyl (C=O) groups excluding carboxylic acids is 2. The van der Waals surface area contributed by atoms with Crippen molar-refractivity contribution in [2.75, 3.05) is 25.6 Å². The monoisotopic (exact) mass is 460 g/mol. The van der Waals surface area contributed by atoms with Gasteiger partial charge in [-0.25, -0.2) is 0 Å². The van der Waals surface area contributed by atoms with Gasteiger partial charge in [-0.2, -0.15) is 0 Å². The van der Waals surface area contributed by atoms with Crippen LogP contribution in [0.15, 0.2) is 72.8 Å². The van der Waals surface area contributed by atoms with Gasteiger partial charge in [0.15, 0.2) is 12.7 Å². The summed E-state index contributed by atoms with van der Waals surface area (Å²) in [5.74, 6) is 1.73. The summed E-state index contributed by atoms with van der Waals surface area (Å²) in [5.41, 5.74) is 2.49. The fourth-order valence-corrected chi connectivity index (χ4v) is 3.89. The maximum Gasteiger partial charge on any atom is 0.263 e. The summed E-state index contributed by atoms with van der Waals surface area (Å²) < 4.78 is 16.9. The van der Waals surface area contributed by atoms with E-state index in [0.717, 1.165) is 16.9 Å². The van der Waals surface area contributed by atoms with Gasteiger partial charge in [0.25, 0.3) is 11.8 Å². The van der Waals surface area contributed by atoms with Crippen molar-refractivity contribution in [2.45, 2.75) is 26.0 Å². The lowest BCUT2D eigenvalue weighted by Crippen LogP contribution is -2.39. The van der Waals surface area contributed by atoms with Crippen LogP contribution in [-0.4, -0.2) is 43.1 Å². The van der Waals surface area contributed by atoms with Crippen LogP contribution in [0.2, 0.25) is 0 Å². The summed E-state index contributed by atoms with van der Waals surface area (Å²) in [6, 6.07) is 22.4. The number of benzene rings is 3. The van der Waals surface area contributed by atoms with Crippen LogP contribution >= 0.6 is 0 Å². The number of hydrogen-bond donors (Lipinski definition) is 1. The quantitative estimate of drug-likeness (QED) is 0.549. The van der Waals surface area contributed by atoms with Crippen molar-refractivity contribution < 1.29 is 23.8 Å². The third kappa shape index (κ3) is 5.67. The Bertz CT molecular complexity index is 1150. The Morgan fingerprint density at radius 3 is 2.65 bits per heavy atom. The number of ether oxygens (including phenoxy) is 3. The van der Waals surface area contributed by atoms with Gasteiger partial charge in [0, 0.05) is 24.3 Å². The molecule has 1 N–H and O–H groups in total. The smallest absolute Gasteiger partial charge is 0.263 e. The van der Waals surface area contributed by atoms with Crippen LogP contribution in [0.5, 0.6) is 17.2 Å². The number of nitrogens with zero attached hydrogens (tertiary/aromatic N) is 1. The molecule has 176 valence electrons. The number of methoxy groups -OCH3 is 1. The van der Waals surface area contributed by atoms with Crippen molar-refractivity contribution in [2.24, 2.45) is 0 Å². The lowest BCUT2D eigenvalue weighted by molar-refractivity contribution is -0.137. The SMILES string of the molecule is COc1ccccc1CCN1Cc2cc(NC(=O)COc3ccccc3)ccc2OC(C)C1=O. The Hall–Kier alpha value is -4.00.